The molecule has 0 radical (unpaired) electrons. The molecule has 1 aliphatic rings. The van der Waals surface area contributed by atoms with Crippen molar-refractivity contribution in [2.24, 2.45) is 0 Å². The summed E-state index contributed by atoms with van der Waals surface area (Å²) in [6.07, 6.45) is -1.12. The molecule has 0 saturated carbocycles. The number of benzene rings is 1. The summed E-state index contributed by atoms with van der Waals surface area (Å²) in [5, 5.41) is 8.74. The van der Waals surface area contributed by atoms with Crippen LogP contribution in [0.1, 0.15) is 0 Å². The number of aliphatic hydroxyl groups is 1. The highest BCUT2D eigenvalue weighted by molar-refractivity contribution is 7.94. The van der Waals surface area contributed by atoms with Gasteiger partial charge in [-0.1, -0.05) is 0 Å². The van der Waals surface area contributed by atoms with Crippen LogP contribution in [0.2, 0.25) is 0 Å². The topological polar surface area (TPSA) is 71.4 Å². The summed E-state index contributed by atoms with van der Waals surface area (Å²) < 4.78 is 47.3. The third kappa shape index (κ3) is 2.72. The number of rotatable bonds is 2. The molecular weight excluding hydrogens is 267 g/mol. The highest BCUT2D eigenvalue weighted by Crippen LogP contribution is 2.22. The number of aliphatic hydroxyl groups excluding tert-OH is 1. The third-order valence-electron chi connectivity index (χ3n) is 2.59. The van der Waals surface area contributed by atoms with E-state index in [4.69, 9.17) is 0 Å². The number of halogens is 1. The lowest BCUT2D eigenvalue weighted by atomic mass is 10.3. The fourth-order valence-electron chi connectivity index (χ4n) is 1.74. The summed E-state index contributed by atoms with van der Waals surface area (Å²) in [5.74, 6) is -1.10. The summed E-state index contributed by atoms with van der Waals surface area (Å²) in [6.45, 7) is 0. The van der Waals surface area contributed by atoms with Crippen LogP contribution in [0.15, 0.2) is 29.2 Å². The lowest BCUT2D eigenvalue weighted by Gasteiger charge is -2.12. The Balaban J connectivity index is 2.24. The van der Waals surface area contributed by atoms with Crippen molar-refractivity contribution < 1.29 is 22.1 Å². The Morgan fingerprint density at radius 1 is 1.24 bits per heavy atom. The first kappa shape index (κ1) is 12.7. The van der Waals surface area contributed by atoms with E-state index in [0.717, 1.165) is 12.1 Å². The maximum Gasteiger partial charge on any atom is 0.154 e. The molecule has 0 aromatic heterocycles. The highest BCUT2D eigenvalue weighted by Gasteiger charge is 2.40. The average molecular weight is 278 g/mol. The number of sulfone groups is 1. The Morgan fingerprint density at radius 3 is 2.29 bits per heavy atom. The fraction of sp³-hybridized carbons (Fsp3) is 0.400. The van der Waals surface area contributed by atoms with Crippen LogP contribution in [0.3, 0.4) is 0 Å². The van der Waals surface area contributed by atoms with Gasteiger partial charge in [-0.3, -0.25) is 4.21 Å². The largest absolute Gasteiger partial charge is 0.391 e. The predicted octanol–water partition coefficient (Wildman–Crippen LogP) is 0.0912. The molecule has 0 aliphatic carbocycles. The molecule has 1 N–H and O–H groups in total. The summed E-state index contributed by atoms with van der Waals surface area (Å²) in [4.78, 5) is 0.326. The second-order valence-electron chi connectivity index (χ2n) is 3.93. The molecule has 4 nitrogen and oxygen atoms in total. The molecule has 1 aromatic rings. The van der Waals surface area contributed by atoms with Crippen LogP contribution < -0.4 is 0 Å². The first-order valence-electron chi connectivity index (χ1n) is 4.94. The first-order chi connectivity index (χ1) is 7.89. The van der Waals surface area contributed by atoms with E-state index < -0.39 is 37.8 Å². The molecule has 0 amide bonds. The molecule has 0 bridgehead atoms. The van der Waals surface area contributed by atoms with Crippen molar-refractivity contribution in [1.82, 2.24) is 0 Å². The monoisotopic (exact) mass is 278 g/mol. The molecule has 1 aromatic carbocycles. The standard InChI is InChI=1S/C10H11FO4S2/c11-7-1-3-8(4-2-7)16(13)10-6-17(14,15)5-9(10)12/h1-4,9-10,12H,5-6H2. The van der Waals surface area contributed by atoms with E-state index in [1.54, 1.807) is 0 Å². The minimum atomic E-state index is -3.32. The SMILES string of the molecule is O=S(c1ccc(F)cc1)C1CS(=O)(=O)CC1O. The Morgan fingerprint density at radius 2 is 1.82 bits per heavy atom. The third-order valence-corrected chi connectivity index (χ3v) is 6.29. The van der Waals surface area contributed by atoms with Crippen LogP contribution >= 0.6 is 0 Å². The van der Waals surface area contributed by atoms with Crippen molar-refractivity contribution in [3.05, 3.63) is 30.1 Å². The molecular formula is C10H11FO4S2. The van der Waals surface area contributed by atoms with Gasteiger partial charge in [0.15, 0.2) is 9.84 Å². The molecule has 1 fully saturated rings. The van der Waals surface area contributed by atoms with Crippen molar-refractivity contribution in [3.63, 3.8) is 0 Å². The Labute approximate surface area is 101 Å². The summed E-state index contributed by atoms with van der Waals surface area (Å²) >= 11 is 0. The van der Waals surface area contributed by atoms with Crippen molar-refractivity contribution in [2.45, 2.75) is 16.2 Å². The quantitative estimate of drug-likeness (QED) is 0.832. The molecule has 94 valence electrons. The molecule has 3 atom stereocenters. The minimum Gasteiger partial charge on any atom is -0.391 e. The zero-order valence-electron chi connectivity index (χ0n) is 8.74. The van der Waals surface area contributed by atoms with Gasteiger partial charge in [0.05, 0.1) is 33.7 Å². The van der Waals surface area contributed by atoms with Crippen molar-refractivity contribution in [1.29, 1.82) is 0 Å². The molecule has 0 spiro atoms. The summed E-state index contributed by atoms with van der Waals surface area (Å²) in [7, 11) is -4.96. The Bertz CT molecular complexity index is 538. The molecule has 1 aliphatic heterocycles. The zero-order chi connectivity index (χ0) is 12.6. The van der Waals surface area contributed by atoms with Gasteiger partial charge in [0.2, 0.25) is 0 Å². The van der Waals surface area contributed by atoms with Gasteiger partial charge in [-0.2, -0.15) is 0 Å². The van der Waals surface area contributed by atoms with Crippen molar-refractivity contribution in [3.8, 4) is 0 Å². The van der Waals surface area contributed by atoms with Gasteiger partial charge >= 0.3 is 0 Å². The van der Waals surface area contributed by atoms with E-state index in [2.05, 4.69) is 0 Å². The van der Waals surface area contributed by atoms with Crippen molar-refractivity contribution >= 4 is 20.6 Å². The van der Waals surface area contributed by atoms with Crippen LogP contribution in [0.25, 0.3) is 0 Å². The molecule has 3 unspecified atom stereocenters. The van der Waals surface area contributed by atoms with Gasteiger partial charge in [-0.15, -0.1) is 0 Å². The van der Waals surface area contributed by atoms with E-state index in [1.165, 1.54) is 12.1 Å². The maximum absolute atomic E-state index is 12.7. The second kappa shape index (κ2) is 4.47. The van der Waals surface area contributed by atoms with Crippen LogP contribution in [-0.2, 0) is 20.6 Å². The molecule has 1 heterocycles. The van der Waals surface area contributed by atoms with Crippen LogP contribution in [0.5, 0.6) is 0 Å². The van der Waals surface area contributed by atoms with Gasteiger partial charge in [0.25, 0.3) is 0 Å². The smallest absolute Gasteiger partial charge is 0.154 e. The van der Waals surface area contributed by atoms with Crippen LogP contribution in [-0.4, -0.2) is 40.6 Å². The Hall–Kier alpha value is -0.790. The van der Waals surface area contributed by atoms with E-state index in [9.17, 15) is 22.1 Å². The predicted molar refractivity (Wildman–Crippen MR) is 61.3 cm³/mol. The van der Waals surface area contributed by atoms with E-state index in [-0.39, 0.29) is 11.5 Å². The fourth-order valence-corrected chi connectivity index (χ4v) is 5.73. The van der Waals surface area contributed by atoms with E-state index in [0.29, 0.717) is 4.90 Å². The highest BCUT2D eigenvalue weighted by atomic mass is 32.2. The lowest BCUT2D eigenvalue weighted by Crippen LogP contribution is -2.28. The molecule has 1 saturated heterocycles. The van der Waals surface area contributed by atoms with Gasteiger partial charge in [0, 0.05) is 4.90 Å². The number of hydrogen-bond donors (Lipinski definition) is 1. The molecule has 17 heavy (non-hydrogen) atoms. The molecule has 7 heteroatoms. The maximum atomic E-state index is 12.7. The second-order valence-corrected chi connectivity index (χ2v) is 7.76. The van der Waals surface area contributed by atoms with E-state index >= 15 is 0 Å². The Kier molecular flexibility index (Phi) is 3.33. The van der Waals surface area contributed by atoms with Gasteiger partial charge in [0.1, 0.15) is 5.82 Å². The van der Waals surface area contributed by atoms with E-state index in [1.807, 2.05) is 0 Å². The first-order valence-corrected chi connectivity index (χ1v) is 7.97. The summed E-state index contributed by atoms with van der Waals surface area (Å²) in [6, 6.07) is 4.98. The van der Waals surface area contributed by atoms with Gasteiger partial charge in [-0.25, -0.2) is 12.8 Å². The summed E-state index contributed by atoms with van der Waals surface area (Å²) in [5.41, 5.74) is 0. The zero-order valence-corrected chi connectivity index (χ0v) is 10.4. The normalized spacial score (nSPS) is 29.1. The number of hydrogen-bond acceptors (Lipinski definition) is 4. The van der Waals surface area contributed by atoms with Gasteiger partial charge in [-0.05, 0) is 24.3 Å². The van der Waals surface area contributed by atoms with Crippen molar-refractivity contribution in [2.75, 3.05) is 11.5 Å². The minimum absolute atomic E-state index is 0.293. The average Bonchev–Trinajstić information content (AvgIpc) is 2.52. The van der Waals surface area contributed by atoms with Crippen LogP contribution in [0, 0.1) is 5.82 Å². The van der Waals surface area contributed by atoms with Crippen LogP contribution in [0.4, 0.5) is 4.39 Å². The lowest BCUT2D eigenvalue weighted by molar-refractivity contribution is 0.206. The van der Waals surface area contributed by atoms with Gasteiger partial charge < -0.3 is 5.11 Å². The molecule has 2 rings (SSSR count).